The number of nitrogens with one attached hydrogen (secondary N) is 1. The molecule has 1 aromatic rings. The quantitative estimate of drug-likeness (QED) is 0.758. The van der Waals surface area contributed by atoms with Gasteiger partial charge in [-0.2, -0.15) is 5.10 Å². The summed E-state index contributed by atoms with van der Waals surface area (Å²) in [6.45, 7) is 12.3. The van der Waals surface area contributed by atoms with E-state index in [0.29, 0.717) is 30.7 Å². The fourth-order valence-corrected chi connectivity index (χ4v) is 5.03. The SMILES string of the molecule is CC1CN(CC2CCN(CC(=O)Nc3ccnn3C(C)C3CC3)CC2)CC(C)O1. The Bertz CT molecular complexity index is 670. The van der Waals surface area contributed by atoms with Crippen molar-refractivity contribution in [1.82, 2.24) is 19.6 Å². The van der Waals surface area contributed by atoms with E-state index in [0.717, 1.165) is 44.5 Å². The summed E-state index contributed by atoms with van der Waals surface area (Å²) in [4.78, 5) is 17.5. The van der Waals surface area contributed by atoms with E-state index in [1.165, 1.54) is 25.7 Å². The molecule has 0 bridgehead atoms. The van der Waals surface area contributed by atoms with E-state index < -0.39 is 0 Å². The minimum absolute atomic E-state index is 0.0732. The van der Waals surface area contributed by atoms with Crippen LogP contribution in [-0.4, -0.2) is 77.0 Å². The number of aromatic nitrogens is 2. The Labute approximate surface area is 174 Å². The van der Waals surface area contributed by atoms with Gasteiger partial charge in [0, 0.05) is 25.7 Å². The number of anilines is 1. The molecule has 1 saturated carbocycles. The van der Waals surface area contributed by atoms with E-state index in [2.05, 4.69) is 41.0 Å². The Hall–Kier alpha value is -1.44. The monoisotopic (exact) mass is 403 g/mol. The van der Waals surface area contributed by atoms with Crippen molar-refractivity contribution in [1.29, 1.82) is 0 Å². The van der Waals surface area contributed by atoms with Gasteiger partial charge in [0.15, 0.2) is 0 Å². The fraction of sp³-hybridized carbons (Fsp3) is 0.818. The lowest BCUT2D eigenvalue weighted by Crippen LogP contribution is -2.48. The number of amides is 1. The third kappa shape index (κ3) is 5.58. The lowest BCUT2D eigenvalue weighted by atomic mass is 9.95. The van der Waals surface area contributed by atoms with Crippen molar-refractivity contribution in [2.24, 2.45) is 11.8 Å². The normalized spacial score (nSPS) is 28.4. The molecule has 2 aliphatic heterocycles. The zero-order valence-corrected chi connectivity index (χ0v) is 18.2. The predicted octanol–water partition coefficient (Wildman–Crippen LogP) is 2.61. The molecule has 3 fully saturated rings. The first-order valence-electron chi connectivity index (χ1n) is 11.4. The van der Waals surface area contributed by atoms with Crippen LogP contribution in [0.2, 0.25) is 0 Å². The molecule has 0 spiro atoms. The zero-order chi connectivity index (χ0) is 20.4. The van der Waals surface area contributed by atoms with E-state index in [1.807, 2.05) is 10.7 Å². The first-order valence-corrected chi connectivity index (χ1v) is 11.4. The van der Waals surface area contributed by atoms with Crippen LogP contribution in [0.4, 0.5) is 5.82 Å². The van der Waals surface area contributed by atoms with Crippen molar-refractivity contribution in [2.45, 2.75) is 64.7 Å². The van der Waals surface area contributed by atoms with Crippen LogP contribution < -0.4 is 5.32 Å². The Morgan fingerprint density at radius 3 is 2.52 bits per heavy atom. The van der Waals surface area contributed by atoms with Crippen LogP contribution in [0.25, 0.3) is 0 Å². The number of ether oxygens (including phenoxy) is 1. The molecule has 1 amide bonds. The molecule has 3 heterocycles. The van der Waals surface area contributed by atoms with Gasteiger partial charge in [-0.1, -0.05) is 0 Å². The van der Waals surface area contributed by atoms with E-state index in [4.69, 9.17) is 4.74 Å². The van der Waals surface area contributed by atoms with Gasteiger partial charge < -0.3 is 10.1 Å². The average molecular weight is 404 g/mol. The smallest absolute Gasteiger partial charge is 0.239 e. The van der Waals surface area contributed by atoms with E-state index >= 15 is 0 Å². The molecule has 1 aromatic heterocycles. The number of hydrogen-bond acceptors (Lipinski definition) is 5. The number of rotatable bonds is 7. The van der Waals surface area contributed by atoms with Crippen molar-refractivity contribution in [3.63, 3.8) is 0 Å². The lowest BCUT2D eigenvalue weighted by Gasteiger charge is -2.39. The van der Waals surface area contributed by atoms with Crippen LogP contribution in [-0.2, 0) is 9.53 Å². The summed E-state index contributed by atoms with van der Waals surface area (Å²) < 4.78 is 7.83. The summed E-state index contributed by atoms with van der Waals surface area (Å²) in [5.41, 5.74) is 0. The summed E-state index contributed by atoms with van der Waals surface area (Å²) in [5.74, 6) is 2.35. The Balaban J connectivity index is 1.20. The second kappa shape index (κ2) is 9.14. The molecule has 3 unspecified atom stereocenters. The van der Waals surface area contributed by atoms with Crippen LogP contribution in [0.15, 0.2) is 12.3 Å². The van der Waals surface area contributed by atoms with Gasteiger partial charge in [-0.25, -0.2) is 4.68 Å². The van der Waals surface area contributed by atoms with Gasteiger partial charge in [0.2, 0.25) is 5.91 Å². The number of carbonyl (C=O) groups excluding carboxylic acids is 1. The lowest BCUT2D eigenvalue weighted by molar-refractivity contribution is -0.117. The topological polar surface area (TPSA) is 62.6 Å². The van der Waals surface area contributed by atoms with Crippen molar-refractivity contribution in [3.8, 4) is 0 Å². The molecule has 1 N–H and O–H groups in total. The summed E-state index contributed by atoms with van der Waals surface area (Å²) in [5, 5.41) is 7.51. The number of nitrogens with zero attached hydrogens (tertiary/aromatic N) is 4. The largest absolute Gasteiger partial charge is 0.373 e. The Morgan fingerprint density at radius 2 is 1.86 bits per heavy atom. The first-order chi connectivity index (χ1) is 14.0. The van der Waals surface area contributed by atoms with E-state index in [1.54, 1.807) is 6.20 Å². The third-order valence-corrected chi connectivity index (χ3v) is 6.71. The minimum Gasteiger partial charge on any atom is -0.373 e. The summed E-state index contributed by atoms with van der Waals surface area (Å²) >= 11 is 0. The van der Waals surface area contributed by atoms with Crippen molar-refractivity contribution in [3.05, 3.63) is 12.3 Å². The molecular formula is C22H37N5O2. The highest BCUT2D eigenvalue weighted by Gasteiger charge is 2.31. The van der Waals surface area contributed by atoms with Gasteiger partial charge in [-0.05, 0) is 71.4 Å². The second-order valence-corrected chi connectivity index (χ2v) is 9.48. The minimum atomic E-state index is 0.0732. The maximum Gasteiger partial charge on any atom is 0.239 e. The summed E-state index contributed by atoms with van der Waals surface area (Å²) in [6.07, 6.45) is 7.33. The highest BCUT2D eigenvalue weighted by Crippen LogP contribution is 2.40. The molecule has 1 aliphatic carbocycles. The highest BCUT2D eigenvalue weighted by molar-refractivity contribution is 5.91. The van der Waals surface area contributed by atoms with Gasteiger partial charge >= 0.3 is 0 Å². The number of likely N-dealkylation sites (tertiary alicyclic amines) is 1. The fourth-order valence-electron chi connectivity index (χ4n) is 5.03. The summed E-state index contributed by atoms with van der Waals surface area (Å²) in [7, 11) is 0. The van der Waals surface area contributed by atoms with Crippen LogP contribution >= 0.6 is 0 Å². The van der Waals surface area contributed by atoms with Gasteiger partial charge in [0.1, 0.15) is 5.82 Å². The van der Waals surface area contributed by atoms with E-state index in [9.17, 15) is 4.79 Å². The van der Waals surface area contributed by atoms with Crippen LogP contribution in [0.1, 0.15) is 52.5 Å². The predicted molar refractivity (Wildman–Crippen MR) is 114 cm³/mol. The summed E-state index contributed by atoms with van der Waals surface area (Å²) in [6, 6.07) is 2.27. The van der Waals surface area contributed by atoms with Crippen LogP contribution in [0.3, 0.4) is 0 Å². The van der Waals surface area contributed by atoms with Gasteiger partial charge in [-0.15, -0.1) is 0 Å². The molecule has 3 atom stereocenters. The number of morpholine rings is 1. The van der Waals surface area contributed by atoms with Crippen molar-refractivity contribution in [2.75, 3.05) is 44.6 Å². The molecule has 2 saturated heterocycles. The maximum atomic E-state index is 12.6. The number of piperidine rings is 1. The molecular weight excluding hydrogens is 366 g/mol. The first kappa shape index (κ1) is 20.8. The molecule has 29 heavy (non-hydrogen) atoms. The van der Waals surface area contributed by atoms with Gasteiger partial charge in [-0.3, -0.25) is 14.6 Å². The number of hydrogen-bond donors (Lipinski definition) is 1. The van der Waals surface area contributed by atoms with Crippen LogP contribution in [0.5, 0.6) is 0 Å². The molecule has 162 valence electrons. The molecule has 4 rings (SSSR count). The van der Waals surface area contributed by atoms with Crippen molar-refractivity contribution < 1.29 is 9.53 Å². The zero-order valence-electron chi connectivity index (χ0n) is 18.2. The average Bonchev–Trinajstić information content (AvgIpc) is 3.42. The molecule has 7 nitrogen and oxygen atoms in total. The molecule has 0 radical (unpaired) electrons. The van der Waals surface area contributed by atoms with Gasteiger partial charge in [0.05, 0.1) is 31.0 Å². The van der Waals surface area contributed by atoms with Crippen molar-refractivity contribution >= 4 is 11.7 Å². The molecule has 0 aromatic carbocycles. The van der Waals surface area contributed by atoms with E-state index in [-0.39, 0.29) is 5.91 Å². The van der Waals surface area contributed by atoms with Crippen LogP contribution in [0, 0.1) is 11.8 Å². The maximum absolute atomic E-state index is 12.6. The Kier molecular flexibility index (Phi) is 6.56. The second-order valence-electron chi connectivity index (χ2n) is 9.48. The third-order valence-electron chi connectivity index (χ3n) is 6.71. The highest BCUT2D eigenvalue weighted by atomic mass is 16.5. The van der Waals surface area contributed by atoms with Gasteiger partial charge in [0.25, 0.3) is 0 Å². The molecule has 3 aliphatic rings. The number of carbonyl (C=O) groups is 1. The Morgan fingerprint density at radius 1 is 1.17 bits per heavy atom. The standard InChI is InChI=1S/C22H37N5O2/c1-16-12-26(13-17(2)29-16)14-19-7-10-25(11-8-19)15-22(28)24-21-6-9-23-27(21)18(3)20-4-5-20/h6,9,16-20H,4-5,7-8,10-15H2,1-3H3,(H,24,28). The molecule has 7 heteroatoms.